The molecule has 41 heavy (non-hydrogen) atoms. The van der Waals surface area contributed by atoms with Gasteiger partial charge in [0.15, 0.2) is 11.9 Å². The number of hydrogen-bond acceptors (Lipinski definition) is 8. The molecule has 1 spiro atoms. The van der Waals surface area contributed by atoms with E-state index < -0.39 is 17.1 Å². The van der Waals surface area contributed by atoms with Crippen molar-refractivity contribution in [2.24, 2.45) is 40.4 Å². The number of rotatable bonds is 5. The fourth-order valence-corrected chi connectivity index (χ4v) is 11.0. The van der Waals surface area contributed by atoms with Crippen molar-refractivity contribution in [3.05, 3.63) is 45.7 Å². The Morgan fingerprint density at radius 3 is 2.73 bits per heavy atom. The molecule has 4 fully saturated rings. The molecule has 7 nitrogen and oxygen atoms in total. The van der Waals surface area contributed by atoms with E-state index in [2.05, 4.69) is 20.8 Å². The number of esters is 2. The molecule has 1 aromatic rings. The van der Waals surface area contributed by atoms with Crippen molar-refractivity contribution in [1.29, 1.82) is 0 Å². The predicted molar refractivity (Wildman–Crippen MR) is 152 cm³/mol. The van der Waals surface area contributed by atoms with Crippen molar-refractivity contribution >= 4 is 29.1 Å². The number of aliphatic hydroxyl groups excluding tert-OH is 1. The third-order valence-electron chi connectivity index (χ3n) is 12.5. The first-order valence-electron chi connectivity index (χ1n) is 15.2. The summed E-state index contributed by atoms with van der Waals surface area (Å²) >= 11 is 1.36. The molecule has 11 atom stereocenters. The standard InChI is InChI=1S/C33H40O7S/c1-17-14-24(38-29(36)20(17)16-34)18(2)21-7-8-22-19-15-28-33(40-28)27(39-30(37)25-6-5-13-41-25)10-9-26(35)32(33,4)23(19)11-12-31(21,22)3/h5-6,9-10,13,18-19,21-24,27-28,34H,7-8,11-12,14-16H2,1-4H3. The van der Waals surface area contributed by atoms with Crippen LogP contribution in [0.1, 0.15) is 75.9 Å². The summed E-state index contributed by atoms with van der Waals surface area (Å²) < 4.78 is 18.5. The molecule has 11 unspecified atom stereocenters. The number of ketones is 1. The van der Waals surface area contributed by atoms with Crippen LogP contribution >= 0.6 is 11.3 Å². The van der Waals surface area contributed by atoms with Crippen LogP contribution in [0.15, 0.2) is 40.8 Å². The lowest BCUT2D eigenvalue weighted by Gasteiger charge is -2.58. The Bertz CT molecular complexity index is 1350. The highest BCUT2D eigenvalue weighted by Gasteiger charge is 2.81. The average molecular weight is 581 g/mol. The van der Waals surface area contributed by atoms with Gasteiger partial charge in [0, 0.05) is 6.42 Å². The quantitative estimate of drug-likeness (QED) is 0.374. The Morgan fingerprint density at radius 1 is 1.22 bits per heavy atom. The second-order valence-corrected chi connectivity index (χ2v) is 14.8. The van der Waals surface area contributed by atoms with Crippen LogP contribution in [0.5, 0.6) is 0 Å². The minimum absolute atomic E-state index is 0.0890. The largest absolute Gasteiger partial charge is 0.458 e. The van der Waals surface area contributed by atoms with E-state index in [0.29, 0.717) is 34.6 Å². The number of aliphatic hydroxyl groups is 1. The number of fused-ring (bicyclic) bond motifs is 4. The fraction of sp³-hybridized carbons (Fsp3) is 0.667. The molecule has 0 aromatic carbocycles. The third-order valence-corrected chi connectivity index (χ3v) is 13.4. The maximum Gasteiger partial charge on any atom is 0.348 e. The van der Waals surface area contributed by atoms with Gasteiger partial charge in [-0.05, 0) is 105 Å². The molecular formula is C33H40O7S. The van der Waals surface area contributed by atoms with Gasteiger partial charge in [-0.15, -0.1) is 11.3 Å². The lowest BCUT2D eigenvalue weighted by molar-refractivity contribution is -0.156. The maximum absolute atomic E-state index is 13.8. The van der Waals surface area contributed by atoms with Crippen molar-refractivity contribution < 1.29 is 33.7 Å². The van der Waals surface area contributed by atoms with Crippen molar-refractivity contribution in [2.45, 2.75) is 90.1 Å². The molecule has 0 bridgehead atoms. The molecule has 7 rings (SSSR count). The van der Waals surface area contributed by atoms with Gasteiger partial charge in [0.05, 0.1) is 23.7 Å². The summed E-state index contributed by atoms with van der Waals surface area (Å²) in [6.45, 7) is 8.40. The van der Waals surface area contributed by atoms with Crippen LogP contribution in [-0.4, -0.2) is 53.3 Å². The van der Waals surface area contributed by atoms with Gasteiger partial charge in [0.1, 0.15) is 16.6 Å². The minimum Gasteiger partial charge on any atom is -0.458 e. The zero-order valence-corrected chi connectivity index (χ0v) is 25.1. The van der Waals surface area contributed by atoms with E-state index in [-0.39, 0.29) is 53.8 Å². The number of carbonyl (C=O) groups is 3. The number of allylic oxidation sites excluding steroid dienone is 1. The van der Waals surface area contributed by atoms with Crippen LogP contribution in [-0.2, 0) is 23.8 Å². The first-order chi connectivity index (χ1) is 19.6. The first-order valence-corrected chi connectivity index (χ1v) is 16.1. The Labute approximate surface area is 245 Å². The summed E-state index contributed by atoms with van der Waals surface area (Å²) in [5, 5.41) is 11.5. The smallest absolute Gasteiger partial charge is 0.348 e. The third kappa shape index (κ3) is 3.65. The van der Waals surface area contributed by atoms with Crippen LogP contribution < -0.4 is 0 Å². The summed E-state index contributed by atoms with van der Waals surface area (Å²) in [5.74, 6) is 0.962. The van der Waals surface area contributed by atoms with Crippen molar-refractivity contribution in [1.82, 2.24) is 0 Å². The number of cyclic esters (lactones) is 1. The average Bonchev–Trinajstić information content (AvgIpc) is 3.26. The van der Waals surface area contributed by atoms with E-state index in [4.69, 9.17) is 14.2 Å². The maximum atomic E-state index is 13.8. The van der Waals surface area contributed by atoms with Gasteiger partial charge in [-0.25, -0.2) is 9.59 Å². The Morgan fingerprint density at radius 2 is 2.02 bits per heavy atom. The summed E-state index contributed by atoms with van der Waals surface area (Å²) in [7, 11) is 0. The van der Waals surface area contributed by atoms with E-state index in [1.54, 1.807) is 18.2 Å². The van der Waals surface area contributed by atoms with Crippen molar-refractivity contribution in [3.63, 3.8) is 0 Å². The second-order valence-electron chi connectivity index (χ2n) is 13.9. The normalized spacial score (nSPS) is 45.2. The monoisotopic (exact) mass is 580 g/mol. The number of carbonyl (C=O) groups excluding carboxylic acids is 3. The van der Waals surface area contributed by atoms with E-state index in [1.807, 2.05) is 18.4 Å². The molecule has 6 aliphatic rings. The number of hydrogen-bond donors (Lipinski definition) is 1. The van der Waals surface area contributed by atoms with Crippen LogP contribution in [0.2, 0.25) is 0 Å². The van der Waals surface area contributed by atoms with Crippen molar-refractivity contribution in [2.75, 3.05) is 6.61 Å². The van der Waals surface area contributed by atoms with Crippen molar-refractivity contribution in [3.8, 4) is 0 Å². The van der Waals surface area contributed by atoms with Gasteiger partial charge in [-0.3, -0.25) is 4.79 Å². The first kappa shape index (κ1) is 27.5. The minimum atomic E-state index is -0.781. The number of epoxide rings is 1. The molecule has 2 aliphatic heterocycles. The SMILES string of the molecule is CC1=C(CO)C(=O)OC(C(C)C2CCC3C4CC5OC56C(OC(=O)c5cccs5)C=CC(=O)C6(C)C4CCC23C)C1. The topological polar surface area (TPSA) is 102 Å². The lowest BCUT2D eigenvalue weighted by Crippen LogP contribution is -2.64. The molecule has 3 saturated carbocycles. The van der Waals surface area contributed by atoms with Crippen LogP contribution in [0.3, 0.4) is 0 Å². The molecule has 8 heteroatoms. The van der Waals surface area contributed by atoms with Crippen LogP contribution in [0.25, 0.3) is 0 Å². The van der Waals surface area contributed by atoms with Gasteiger partial charge in [0.2, 0.25) is 0 Å². The second kappa shape index (κ2) is 9.35. The molecular weight excluding hydrogens is 540 g/mol. The van der Waals surface area contributed by atoms with Gasteiger partial charge in [-0.1, -0.05) is 25.5 Å². The molecule has 0 radical (unpaired) electrons. The highest BCUT2D eigenvalue weighted by Crippen LogP contribution is 2.73. The summed E-state index contributed by atoms with van der Waals surface area (Å²) in [6.07, 6.45) is 8.21. The molecule has 4 aliphatic carbocycles. The van der Waals surface area contributed by atoms with Gasteiger partial charge in [-0.2, -0.15) is 0 Å². The Hall–Kier alpha value is -2.29. The molecule has 1 N–H and O–H groups in total. The van der Waals surface area contributed by atoms with Crippen LogP contribution in [0, 0.1) is 40.4 Å². The highest BCUT2D eigenvalue weighted by molar-refractivity contribution is 7.11. The number of ether oxygens (including phenoxy) is 3. The van der Waals surface area contributed by atoms with Gasteiger partial charge >= 0.3 is 11.9 Å². The predicted octanol–water partition coefficient (Wildman–Crippen LogP) is 5.28. The molecule has 220 valence electrons. The Balaban J connectivity index is 1.14. The van der Waals surface area contributed by atoms with E-state index in [9.17, 15) is 19.5 Å². The summed E-state index contributed by atoms with van der Waals surface area (Å²) in [4.78, 5) is 39.9. The molecule has 0 amide bonds. The Kier molecular flexibility index (Phi) is 6.28. The van der Waals surface area contributed by atoms with E-state index >= 15 is 0 Å². The van der Waals surface area contributed by atoms with E-state index in [1.165, 1.54) is 11.3 Å². The van der Waals surface area contributed by atoms with E-state index in [0.717, 1.165) is 37.7 Å². The van der Waals surface area contributed by atoms with Gasteiger partial charge < -0.3 is 19.3 Å². The van der Waals surface area contributed by atoms with Gasteiger partial charge in [0.25, 0.3) is 0 Å². The zero-order valence-electron chi connectivity index (χ0n) is 24.3. The highest BCUT2D eigenvalue weighted by atomic mass is 32.1. The fourth-order valence-electron chi connectivity index (χ4n) is 10.4. The molecule has 3 heterocycles. The number of thiophene rings is 1. The molecule has 1 aromatic heterocycles. The zero-order chi connectivity index (χ0) is 28.9. The lowest BCUT2D eigenvalue weighted by atomic mass is 9.44. The van der Waals surface area contributed by atoms with Crippen LogP contribution in [0.4, 0.5) is 0 Å². The molecule has 1 saturated heterocycles. The summed E-state index contributed by atoms with van der Waals surface area (Å²) in [6, 6.07) is 3.60. The summed E-state index contributed by atoms with van der Waals surface area (Å²) in [5.41, 5.74) is -0.0899.